The number of aromatic nitrogens is 2. The lowest BCUT2D eigenvalue weighted by Crippen LogP contribution is -2.60. The SMILES string of the molecule is CC1(C(=O)O)CN(C(=O)c2nn(-c3ccccc3)c3c2CCC3)C1. The normalized spacial score (nSPS) is 18.1. The van der Waals surface area contributed by atoms with Crippen LogP contribution in [0.1, 0.15) is 35.1 Å². The molecule has 0 spiro atoms. The summed E-state index contributed by atoms with van der Waals surface area (Å²) in [7, 11) is 0. The summed E-state index contributed by atoms with van der Waals surface area (Å²) in [6, 6.07) is 9.81. The Hall–Kier alpha value is -2.63. The van der Waals surface area contributed by atoms with Crippen LogP contribution in [0.25, 0.3) is 5.69 Å². The summed E-state index contributed by atoms with van der Waals surface area (Å²) in [5.41, 5.74) is 2.73. The number of rotatable bonds is 3. The van der Waals surface area contributed by atoms with Crippen molar-refractivity contribution in [3.63, 3.8) is 0 Å². The van der Waals surface area contributed by atoms with Crippen LogP contribution in [0, 0.1) is 5.41 Å². The fourth-order valence-electron chi connectivity index (χ4n) is 3.62. The molecule has 0 unspecified atom stereocenters. The zero-order valence-corrected chi connectivity index (χ0v) is 13.5. The molecule has 1 aliphatic carbocycles. The van der Waals surface area contributed by atoms with Gasteiger partial charge in [0.1, 0.15) is 5.41 Å². The van der Waals surface area contributed by atoms with E-state index in [4.69, 9.17) is 0 Å². The Morgan fingerprint density at radius 2 is 1.88 bits per heavy atom. The number of amides is 1. The number of para-hydroxylation sites is 1. The van der Waals surface area contributed by atoms with Crippen LogP contribution in [-0.4, -0.2) is 44.8 Å². The van der Waals surface area contributed by atoms with E-state index in [2.05, 4.69) is 5.10 Å². The van der Waals surface area contributed by atoms with E-state index in [1.807, 2.05) is 35.0 Å². The molecule has 1 fully saturated rings. The summed E-state index contributed by atoms with van der Waals surface area (Å²) >= 11 is 0. The smallest absolute Gasteiger partial charge is 0.312 e. The molecule has 1 saturated heterocycles. The van der Waals surface area contributed by atoms with Gasteiger partial charge in [0.05, 0.1) is 5.69 Å². The number of carbonyl (C=O) groups excluding carboxylic acids is 1. The summed E-state index contributed by atoms with van der Waals surface area (Å²) in [5, 5.41) is 13.8. The fourth-order valence-corrected chi connectivity index (χ4v) is 3.62. The van der Waals surface area contributed by atoms with E-state index in [1.165, 1.54) is 0 Å². The lowest BCUT2D eigenvalue weighted by Gasteiger charge is -2.44. The molecule has 2 heterocycles. The van der Waals surface area contributed by atoms with E-state index >= 15 is 0 Å². The van der Waals surface area contributed by atoms with Gasteiger partial charge in [-0.3, -0.25) is 9.59 Å². The molecule has 0 atom stereocenters. The number of fused-ring (bicyclic) bond motifs is 1. The van der Waals surface area contributed by atoms with E-state index in [9.17, 15) is 14.7 Å². The number of aliphatic carboxylic acids is 1. The highest BCUT2D eigenvalue weighted by Gasteiger charge is 2.48. The molecule has 4 rings (SSSR count). The molecule has 1 N–H and O–H groups in total. The highest BCUT2D eigenvalue weighted by molar-refractivity contribution is 5.96. The van der Waals surface area contributed by atoms with Gasteiger partial charge in [0.15, 0.2) is 5.69 Å². The van der Waals surface area contributed by atoms with Gasteiger partial charge in [0.25, 0.3) is 5.91 Å². The lowest BCUT2D eigenvalue weighted by atomic mass is 9.82. The predicted molar refractivity (Wildman–Crippen MR) is 87.2 cm³/mol. The maximum absolute atomic E-state index is 12.8. The Bertz CT molecular complexity index is 820. The maximum atomic E-state index is 12.8. The highest BCUT2D eigenvalue weighted by atomic mass is 16.4. The van der Waals surface area contributed by atoms with Crippen molar-refractivity contribution in [3.05, 3.63) is 47.3 Å². The van der Waals surface area contributed by atoms with Crippen LogP contribution >= 0.6 is 0 Å². The molecule has 1 aromatic carbocycles. The number of carbonyl (C=O) groups is 2. The molecule has 6 nitrogen and oxygen atoms in total. The molecule has 2 aliphatic rings. The van der Waals surface area contributed by atoms with E-state index in [1.54, 1.807) is 11.8 Å². The first-order chi connectivity index (χ1) is 11.5. The summed E-state index contributed by atoms with van der Waals surface area (Å²) < 4.78 is 1.87. The van der Waals surface area contributed by atoms with Gasteiger partial charge in [-0.2, -0.15) is 5.10 Å². The second kappa shape index (κ2) is 5.19. The number of likely N-dealkylation sites (tertiary alicyclic amines) is 1. The fraction of sp³-hybridized carbons (Fsp3) is 0.389. The van der Waals surface area contributed by atoms with Crippen LogP contribution in [0.3, 0.4) is 0 Å². The minimum absolute atomic E-state index is 0.151. The first-order valence-corrected chi connectivity index (χ1v) is 8.18. The number of benzene rings is 1. The number of nitrogens with zero attached hydrogens (tertiary/aromatic N) is 3. The zero-order chi connectivity index (χ0) is 16.9. The van der Waals surface area contributed by atoms with Gasteiger partial charge in [-0.25, -0.2) is 4.68 Å². The van der Waals surface area contributed by atoms with E-state index in [-0.39, 0.29) is 19.0 Å². The summed E-state index contributed by atoms with van der Waals surface area (Å²) in [4.78, 5) is 25.6. The Morgan fingerprint density at radius 3 is 2.54 bits per heavy atom. The van der Waals surface area contributed by atoms with Crippen molar-refractivity contribution in [2.45, 2.75) is 26.2 Å². The molecule has 1 aromatic heterocycles. The number of hydrogen-bond acceptors (Lipinski definition) is 3. The molecule has 0 bridgehead atoms. The van der Waals surface area contributed by atoms with Gasteiger partial charge >= 0.3 is 5.97 Å². The van der Waals surface area contributed by atoms with E-state index in [0.717, 1.165) is 36.2 Å². The monoisotopic (exact) mass is 325 g/mol. The van der Waals surface area contributed by atoms with Gasteiger partial charge in [0.2, 0.25) is 0 Å². The molecular weight excluding hydrogens is 306 g/mol. The molecule has 6 heteroatoms. The van der Waals surface area contributed by atoms with Crippen molar-refractivity contribution in [1.82, 2.24) is 14.7 Å². The molecule has 1 amide bonds. The average molecular weight is 325 g/mol. The molecule has 0 saturated carbocycles. The second-order valence-corrected chi connectivity index (χ2v) is 6.90. The number of carboxylic acid groups (broad SMARTS) is 1. The second-order valence-electron chi connectivity index (χ2n) is 6.90. The highest BCUT2D eigenvalue weighted by Crippen LogP contribution is 2.34. The minimum Gasteiger partial charge on any atom is -0.481 e. The van der Waals surface area contributed by atoms with Crippen LogP contribution in [0.2, 0.25) is 0 Å². The largest absolute Gasteiger partial charge is 0.481 e. The van der Waals surface area contributed by atoms with Gasteiger partial charge in [-0.1, -0.05) is 18.2 Å². The third-order valence-electron chi connectivity index (χ3n) is 5.02. The topological polar surface area (TPSA) is 75.4 Å². The third kappa shape index (κ3) is 2.13. The van der Waals surface area contributed by atoms with Gasteiger partial charge in [-0.15, -0.1) is 0 Å². The Labute approximate surface area is 139 Å². The molecule has 124 valence electrons. The summed E-state index contributed by atoms with van der Waals surface area (Å²) in [5.74, 6) is -1.01. The van der Waals surface area contributed by atoms with Crippen molar-refractivity contribution in [1.29, 1.82) is 0 Å². The van der Waals surface area contributed by atoms with Crippen LogP contribution in [0.15, 0.2) is 30.3 Å². The van der Waals surface area contributed by atoms with Gasteiger partial charge < -0.3 is 10.0 Å². The molecule has 2 aromatic rings. The summed E-state index contributed by atoms with van der Waals surface area (Å²) in [6.45, 7) is 2.16. The van der Waals surface area contributed by atoms with Crippen LogP contribution in [0.5, 0.6) is 0 Å². The van der Waals surface area contributed by atoms with E-state index in [0.29, 0.717) is 5.69 Å². The van der Waals surface area contributed by atoms with Crippen LogP contribution in [0.4, 0.5) is 0 Å². The van der Waals surface area contributed by atoms with Gasteiger partial charge in [-0.05, 0) is 38.3 Å². The van der Waals surface area contributed by atoms with Crippen LogP contribution in [-0.2, 0) is 17.6 Å². The van der Waals surface area contributed by atoms with Crippen molar-refractivity contribution in [2.24, 2.45) is 5.41 Å². The Balaban J connectivity index is 1.66. The Kier molecular flexibility index (Phi) is 3.23. The maximum Gasteiger partial charge on any atom is 0.312 e. The quantitative estimate of drug-likeness (QED) is 0.935. The molecule has 24 heavy (non-hydrogen) atoms. The lowest BCUT2D eigenvalue weighted by molar-refractivity contribution is -0.155. The Morgan fingerprint density at radius 1 is 1.17 bits per heavy atom. The average Bonchev–Trinajstić information content (AvgIpc) is 3.14. The first-order valence-electron chi connectivity index (χ1n) is 8.18. The third-order valence-corrected chi connectivity index (χ3v) is 5.02. The summed E-state index contributed by atoms with van der Waals surface area (Å²) in [6.07, 6.45) is 2.79. The standard InChI is InChI=1S/C18H19N3O3/c1-18(17(23)24)10-20(11-18)16(22)15-13-8-5-9-14(13)21(19-15)12-6-3-2-4-7-12/h2-4,6-7H,5,8-11H2,1H3,(H,23,24). The zero-order valence-electron chi connectivity index (χ0n) is 13.5. The number of carboxylic acids is 1. The molecule has 0 radical (unpaired) electrons. The number of hydrogen-bond donors (Lipinski definition) is 1. The van der Waals surface area contributed by atoms with Crippen molar-refractivity contribution in [2.75, 3.05) is 13.1 Å². The molecular formula is C18H19N3O3. The minimum atomic E-state index is -0.855. The van der Waals surface area contributed by atoms with Gasteiger partial charge in [0, 0.05) is 24.3 Å². The van der Waals surface area contributed by atoms with Crippen molar-refractivity contribution in [3.8, 4) is 5.69 Å². The molecule has 1 aliphatic heterocycles. The predicted octanol–water partition coefficient (Wildman–Crippen LogP) is 1.91. The van der Waals surface area contributed by atoms with Crippen LogP contribution < -0.4 is 0 Å². The van der Waals surface area contributed by atoms with Crippen molar-refractivity contribution >= 4 is 11.9 Å². The van der Waals surface area contributed by atoms with E-state index < -0.39 is 11.4 Å². The van der Waals surface area contributed by atoms with Crippen molar-refractivity contribution < 1.29 is 14.7 Å². The first kappa shape index (κ1) is 14.9.